The lowest BCUT2D eigenvalue weighted by Crippen LogP contribution is -2.33. The fourth-order valence-electron chi connectivity index (χ4n) is 2.98. The average molecular weight is 293 g/mol. The molecule has 0 unspecified atom stereocenters. The van der Waals surface area contributed by atoms with E-state index in [9.17, 15) is 0 Å². The maximum absolute atomic E-state index is 4.91. The Kier molecular flexibility index (Phi) is 4.61. The SMILES string of the molecule is CCc1nc(N2CCC(CC)CC2)sc1CNC1CC1. The summed E-state index contributed by atoms with van der Waals surface area (Å²) in [5.74, 6) is 0.938. The Balaban J connectivity index is 1.63. The van der Waals surface area contributed by atoms with E-state index in [4.69, 9.17) is 4.98 Å². The number of hydrogen-bond donors (Lipinski definition) is 1. The number of anilines is 1. The first-order chi connectivity index (χ1) is 9.80. The van der Waals surface area contributed by atoms with Crippen LogP contribution in [0.25, 0.3) is 0 Å². The van der Waals surface area contributed by atoms with Crippen LogP contribution in [0.2, 0.25) is 0 Å². The molecular formula is C16H27N3S. The summed E-state index contributed by atoms with van der Waals surface area (Å²) in [4.78, 5) is 8.88. The van der Waals surface area contributed by atoms with Gasteiger partial charge in [0.1, 0.15) is 0 Å². The fourth-order valence-corrected chi connectivity index (χ4v) is 4.13. The van der Waals surface area contributed by atoms with Crippen LogP contribution in [0.3, 0.4) is 0 Å². The minimum Gasteiger partial charge on any atom is -0.348 e. The topological polar surface area (TPSA) is 28.2 Å². The molecule has 1 aliphatic heterocycles. The van der Waals surface area contributed by atoms with Crippen LogP contribution in [-0.4, -0.2) is 24.1 Å². The minimum atomic E-state index is 0.783. The highest BCUT2D eigenvalue weighted by Gasteiger charge is 2.23. The smallest absolute Gasteiger partial charge is 0.185 e. The molecule has 1 aliphatic carbocycles. The first-order valence-corrected chi connectivity index (χ1v) is 9.08. The quantitative estimate of drug-likeness (QED) is 0.869. The van der Waals surface area contributed by atoms with Crippen molar-refractivity contribution in [3.63, 3.8) is 0 Å². The second kappa shape index (κ2) is 6.44. The van der Waals surface area contributed by atoms with Gasteiger partial charge in [-0.25, -0.2) is 4.98 Å². The number of thiazole rings is 1. The van der Waals surface area contributed by atoms with Crippen LogP contribution in [0.4, 0.5) is 5.13 Å². The van der Waals surface area contributed by atoms with Crippen LogP contribution in [0.1, 0.15) is 56.5 Å². The summed E-state index contributed by atoms with van der Waals surface area (Å²) in [6, 6.07) is 0.783. The predicted molar refractivity (Wildman–Crippen MR) is 86.6 cm³/mol. The van der Waals surface area contributed by atoms with E-state index in [0.29, 0.717) is 0 Å². The molecule has 2 aliphatic rings. The Hall–Kier alpha value is -0.610. The Morgan fingerprint density at radius 2 is 1.95 bits per heavy atom. The molecule has 0 spiro atoms. The predicted octanol–water partition coefficient (Wildman–Crippen LogP) is 3.58. The third-order valence-corrected chi connectivity index (χ3v) is 5.85. The van der Waals surface area contributed by atoms with Gasteiger partial charge in [0.2, 0.25) is 0 Å². The molecule has 2 fully saturated rings. The zero-order valence-electron chi connectivity index (χ0n) is 12.8. The highest BCUT2D eigenvalue weighted by atomic mass is 32.1. The lowest BCUT2D eigenvalue weighted by molar-refractivity contribution is 0.395. The Labute approximate surface area is 126 Å². The molecule has 0 amide bonds. The van der Waals surface area contributed by atoms with Gasteiger partial charge in [0.05, 0.1) is 5.69 Å². The van der Waals surface area contributed by atoms with Gasteiger partial charge in [-0.3, -0.25) is 0 Å². The molecule has 3 nitrogen and oxygen atoms in total. The van der Waals surface area contributed by atoms with Gasteiger partial charge in [-0.2, -0.15) is 0 Å². The van der Waals surface area contributed by atoms with E-state index >= 15 is 0 Å². The molecule has 0 aromatic carbocycles. The molecule has 1 N–H and O–H groups in total. The van der Waals surface area contributed by atoms with Crippen molar-refractivity contribution in [2.75, 3.05) is 18.0 Å². The highest BCUT2D eigenvalue weighted by Crippen LogP contribution is 2.31. The standard InChI is InChI=1S/C16H27N3S/c1-3-12-7-9-19(10-8-12)16-18-14(4-2)15(20-16)11-17-13-5-6-13/h12-13,17H,3-11H2,1-2H3. The molecule has 0 bridgehead atoms. The number of hydrogen-bond acceptors (Lipinski definition) is 4. The van der Waals surface area contributed by atoms with E-state index in [2.05, 4.69) is 24.1 Å². The number of nitrogens with one attached hydrogen (secondary N) is 1. The summed E-state index contributed by atoms with van der Waals surface area (Å²) in [6.45, 7) is 7.97. The van der Waals surface area contributed by atoms with Crippen LogP contribution in [0, 0.1) is 5.92 Å². The van der Waals surface area contributed by atoms with Crippen molar-refractivity contribution < 1.29 is 0 Å². The van der Waals surface area contributed by atoms with Crippen LogP contribution < -0.4 is 10.2 Å². The normalized spacial score (nSPS) is 20.6. The molecule has 1 aromatic rings. The van der Waals surface area contributed by atoms with E-state index in [1.807, 2.05) is 11.3 Å². The van der Waals surface area contributed by atoms with Gasteiger partial charge in [-0.1, -0.05) is 20.3 Å². The second-order valence-electron chi connectivity index (χ2n) is 6.21. The Morgan fingerprint density at radius 3 is 2.55 bits per heavy atom. The van der Waals surface area contributed by atoms with Crippen molar-refractivity contribution in [1.82, 2.24) is 10.3 Å². The van der Waals surface area contributed by atoms with Gasteiger partial charge >= 0.3 is 0 Å². The van der Waals surface area contributed by atoms with Gasteiger partial charge in [0, 0.05) is 30.6 Å². The van der Waals surface area contributed by atoms with Crippen LogP contribution in [0.5, 0.6) is 0 Å². The molecule has 1 aromatic heterocycles. The van der Waals surface area contributed by atoms with Gasteiger partial charge in [0.25, 0.3) is 0 Å². The van der Waals surface area contributed by atoms with Crippen LogP contribution >= 0.6 is 11.3 Å². The molecule has 1 saturated heterocycles. The third kappa shape index (κ3) is 3.34. The van der Waals surface area contributed by atoms with Crippen LogP contribution in [-0.2, 0) is 13.0 Å². The summed E-state index contributed by atoms with van der Waals surface area (Å²) < 4.78 is 0. The van der Waals surface area contributed by atoms with Gasteiger partial charge < -0.3 is 10.2 Å². The van der Waals surface area contributed by atoms with E-state index in [-0.39, 0.29) is 0 Å². The molecule has 1 saturated carbocycles. The maximum atomic E-state index is 4.91. The molecule has 0 atom stereocenters. The zero-order chi connectivity index (χ0) is 13.9. The van der Waals surface area contributed by atoms with E-state index in [1.54, 1.807) is 0 Å². The summed E-state index contributed by atoms with van der Waals surface area (Å²) in [7, 11) is 0. The van der Waals surface area contributed by atoms with Crippen molar-refractivity contribution in [3.05, 3.63) is 10.6 Å². The first-order valence-electron chi connectivity index (χ1n) is 8.27. The van der Waals surface area contributed by atoms with Gasteiger partial charge in [0.15, 0.2) is 5.13 Å². The third-order valence-electron chi connectivity index (χ3n) is 4.69. The van der Waals surface area contributed by atoms with Crippen LogP contribution in [0.15, 0.2) is 0 Å². The molecule has 4 heteroatoms. The minimum absolute atomic E-state index is 0.783. The van der Waals surface area contributed by atoms with Crippen molar-refractivity contribution in [3.8, 4) is 0 Å². The van der Waals surface area contributed by atoms with Crippen molar-refractivity contribution in [2.45, 2.75) is 65.0 Å². The summed E-state index contributed by atoms with van der Waals surface area (Å²) >= 11 is 1.92. The largest absolute Gasteiger partial charge is 0.348 e. The molecule has 20 heavy (non-hydrogen) atoms. The van der Waals surface area contributed by atoms with Gasteiger partial charge in [-0.15, -0.1) is 11.3 Å². The Bertz CT molecular complexity index is 431. The maximum Gasteiger partial charge on any atom is 0.185 e. The Morgan fingerprint density at radius 1 is 1.20 bits per heavy atom. The lowest BCUT2D eigenvalue weighted by atomic mass is 9.95. The molecule has 0 radical (unpaired) electrons. The summed E-state index contributed by atoms with van der Waals surface area (Å²) in [6.07, 6.45) is 7.79. The second-order valence-corrected chi connectivity index (χ2v) is 7.28. The highest BCUT2D eigenvalue weighted by molar-refractivity contribution is 7.15. The summed E-state index contributed by atoms with van der Waals surface area (Å²) in [5, 5.41) is 4.90. The number of aryl methyl sites for hydroxylation is 1. The van der Waals surface area contributed by atoms with Crippen molar-refractivity contribution >= 4 is 16.5 Å². The lowest BCUT2D eigenvalue weighted by Gasteiger charge is -2.31. The first kappa shape index (κ1) is 14.3. The number of rotatable bonds is 6. The molecule has 2 heterocycles. The fraction of sp³-hybridized carbons (Fsp3) is 0.812. The number of nitrogens with zero attached hydrogens (tertiary/aromatic N) is 2. The number of piperidine rings is 1. The summed E-state index contributed by atoms with van der Waals surface area (Å²) in [5.41, 5.74) is 1.32. The van der Waals surface area contributed by atoms with E-state index in [0.717, 1.165) is 24.9 Å². The van der Waals surface area contributed by atoms with E-state index in [1.165, 1.54) is 60.9 Å². The molecule has 3 rings (SSSR count). The zero-order valence-corrected chi connectivity index (χ0v) is 13.6. The molecule has 112 valence electrons. The van der Waals surface area contributed by atoms with Gasteiger partial charge in [-0.05, 0) is 38.0 Å². The van der Waals surface area contributed by atoms with E-state index < -0.39 is 0 Å². The van der Waals surface area contributed by atoms with Crippen molar-refractivity contribution in [1.29, 1.82) is 0 Å². The molecular weight excluding hydrogens is 266 g/mol. The monoisotopic (exact) mass is 293 g/mol. The average Bonchev–Trinajstić information content (AvgIpc) is 3.24. The number of aromatic nitrogens is 1. The van der Waals surface area contributed by atoms with Crippen molar-refractivity contribution in [2.24, 2.45) is 5.92 Å².